The predicted molar refractivity (Wildman–Crippen MR) is 63.6 cm³/mol. The molecule has 0 radical (unpaired) electrons. The third kappa shape index (κ3) is 1.75. The van der Waals surface area contributed by atoms with Crippen molar-refractivity contribution >= 4 is 0 Å². The number of hydrogen-bond donors (Lipinski definition) is 1. The van der Waals surface area contributed by atoms with Gasteiger partial charge in [0.15, 0.2) is 0 Å². The molecule has 0 aliphatic heterocycles. The molecule has 84 valence electrons. The first-order valence-corrected chi connectivity index (χ1v) is 6.68. The van der Waals surface area contributed by atoms with Crippen molar-refractivity contribution in [3.05, 3.63) is 12.7 Å². The van der Waals surface area contributed by atoms with E-state index in [0.717, 1.165) is 36.1 Å². The average molecular weight is 205 g/mol. The second-order valence-corrected chi connectivity index (χ2v) is 6.04. The Bertz CT molecular complexity index is 218. The summed E-state index contributed by atoms with van der Waals surface area (Å²) in [6, 6.07) is 0. The van der Waals surface area contributed by atoms with Crippen LogP contribution in [0.1, 0.15) is 32.1 Å². The minimum Gasteiger partial charge on any atom is -0.313 e. The molecule has 0 aromatic rings. The molecule has 4 aliphatic carbocycles. The van der Waals surface area contributed by atoms with Crippen LogP contribution in [0, 0.1) is 29.6 Å². The first-order valence-electron chi connectivity index (χ1n) is 6.68. The standard InChI is InChI=1S/C14H23N/c1-2-3-15-9-14-12-5-10-4-11(7-12)8-13(14)6-10/h2,10-15H,1,3-9H2. The summed E-state index contributed by atoms with van der Waals surface area (Å²) < 4.78 is 0. The van der Waals surface area contributed by atoms with Crippen molar-refractivity contribution in [2.75, 3.05) is 13.1 Å². The Morgan fingerprint density at radius 2 is 1.60 bits per heavy atom. The molecule has 0 aromatic heterocycles. The molecule has 1 N–H and O–H groups in total. The van der Waals surface area contributed by atoms with Crippen LogP contribution in [0.5, 0.6) is 0 Å². The zero-order valence-corrected chi connectivity index (χ0v) is 9.62. The van der Waals surface area contributed by atoms with Gasteiger partial charge < -0.3 is 5.32 Å². The third-order valence-corrected chi connectivity index (χ3v) is 5.09. The lowest BCUT2D eigenvalue weighted by Crippen LogP contribution is -2.48. The normalized spacial score (nSPS) is 47.1. The van der Waals surface area contributed by atoms with Gasteiger partial charge in [-0.15, -0.1) is 6.58 Å². The Kier molecular flexibility index (Phi) is 2.59. The summed E-state index contributed by atoms with van der Waals surface area (Å²) in [4.78, 5) is 0. The molecule has 4 fully saturated rings. The van der Waals surface area contributed by atoms with Crippen LogP contribution < -0.4 is 5.32 Å². The number of nitrogens with one attached hydrogen (secondary N) is 1. The van der Waals surface area contributed by atoms with Gasteiger partial charge >= 0.3 is 0 Å². The summed E-state index contributed by atoms with van der Waals surface area (Å²) in [5.74, 6) is 5.36. The minimum atomic E-state index is 0.989. The second kappa shape index (κ2) is 3.93. The molecule has 4 rings (SSSR count). The first kappa shape index (κ1) is 9.89. The van der Waals surface area contributed by atoms with E-state index in [9.17, 15) is 0 Å². The maximum absolute atomic E-state index is 3.77. The molecular formula is C14H23N. The lowest BCUT2D eigenvalue weighted by atomic mass is 9.52. The summed E-state index contributed by atoms with van der Waals surface area (Å²) in [6.45, 7) is 6.01. The molecule has 1 nitrogen and oxygen atoms in total. The highest BCUT2D eigenvalue weighted by molar-refractivity contribution is 4.98. The van der Waals surface area contributed by atoms with Crippen molar-refractivity contribution in [3.8, 4) is 0 Å². The zero-order valence-electron chi connectivity index (χ0n) is 9.62. The van der Waals surface area contributed by atoms with E-state index in [-0.39, 0.29) is 0 Å². The van der Waals surface area contributed by atoms with Crippen LogP contribution in [0.25, 0.3) is 0 Å². The van der Waals surface area contributed by atoms with E-state index in [2.05, 4.69) is 11.9 Å². The van der Waals surface area contributed by atoms with Crippen molar-refractivity contribution in [3.63, 3.8) is 0 Å². The van der Waals surface area contributed by atoms with Gasteiger partial charge in [0.25, 0.3) is 0 Å². The van der Waals surface area contributed by atoms with Crippen LogP contribution in [0.15, 0.2) is 12.7 Å². The topological polar surface area (TPSA) is 12.0 Å². The smallest absolute Gasteiger partial charge is 0.0132 e. The highest BCUT2D eigenvalue weighted by Gasteiger charge is 2.47. The van der Waals surface area contributed by atoms with Gasteiger partial charge in [-0.05, 0) is 68.2 Å². The molecule has 0 heterocycles. The Balaban J connectivity index is 1.62. The fraction of sp³-hybridized carbons (Fsp3) is 0.857. The third-order valence-electron chi connectivity index (χ3n) is 5.09. The molecule has 4 saturated carbocycles. The minimum absolute atomic E-state index is 0.989. The van der Waals surface area contributed by atoms with Gasteiger partial charge in [-0.3, -0.25) is 0 Å². The fourth-order valence-electron chi connectivity index (χ4n) is 4.72. The molecule has 0 atom stereocenters. The quantitative estimate of drug-likeness (QED) is 0.550. The van der Waals surface area contributed by atoms with Gasteiger partial charge in [0.1, 0.15) is 0 Å². The van der Waals surface area contributed by atoms with Crippen LogP contribution >= 0.6 is 0 Å². The van der Waals surface area contributed by atoms with Crippen LogP contribution in [0.2, 0.25) is 0 Å². The Morgan fingerprint density at radius 3 is 2.13 bits per heavy atom. The van der Waals surface area contributed by atoms with Gasteiger partial charge in [-0.2, -0.15) is 0 Å². The monoisotopic (exact) mass is 205 g/mol. The van der Waals surface area contributed by atoms with Crippen LogP contribution in [-0.4, -0.2) is 13.1 Å². The van der Waals surface area contributed by atoms with E-state index in [1.807, 2.05) is 6.08 Å². The van der Waals surface area contributed by atoms with E-state index in [0.29, 0.717) is 0 Å². The lowest BCUT2D eigenvalue weighted by molar-refractivity contribution is -0.0351. The lowest BCUT2D eigenvalue weighted by Gasteiger charge is -2.54. The van der Waals surface area contributed by atoms with E-state index in [1.54, 1.807) is 32.1 Å². The molecule has 0 amide bonds. The summed E-state index contributed by atoms with van der Waals surface area (Å²) in [7, 11) is 0. The van der Waals surface area contributed by atoms with Gasteiger partial charge in [-0.1, -0.05) is 6.08 Å². The SMILES string of the molecule is C=CCNCC1C2CC3CC(C2)CC1C3. The highest BCUT2D eigenvalue weighted by atomic mass is 14.9. The van der Waals surface area contributed by atoms with Crippen molar-refractivity contribution < 1.29 is 0 Å². The molecule has 4 bridgehead atoms. The van der Waals surface area contributed by atoms with Crippen molar-refractivity contribution in [1.82, 2.24) is 5.32 Å². The van der Waals surface area contributed by atoms with E-state index < -0.39 is 0 Å². The van der Waals surface area contributed by atoms with Crippen molar-refractivity contribution in [1.29, 1.82) is 0 Å². The fourth-order valence-corrected chi connectivity index (χ4v) is 4.72. The molecule has 0 aromatic carbocycles. The highest BCUT2D eigenvalue weighted by Crippen LogP contribution is 2.56. The first-order chi connectivity index (χ1) is 7.36. The largest absolute Gasteiger partial charge is 0.313 e. The summed E-state index contributed by atoms with van der Waals surface area (Å²) >= 11 is 0. The molecule has 15 heavy (non-hydrogen) atoms. The molecule has 0 spiro atoms. The predicted octanol–water partition coefficient (Wildman–Crippen LogP) is 2.83. The van der Waals surface area contributed by atoms with E-state index in [1.165, 1.54) is 6.54 Å². The molecule has 1 heteroatoms. The average Bonchev–Trinajstić information content (AvgIpc) is 2.21. The summed E-state index contributed by atoms with van der Waals surface area (Å²) in [5.41, 5.74) is 0. The van der Waals surface area contributed by atoms with Crippen LogP contribution in [-0.2, 0) is 0 Å². The molecule has 0 unspecified atom stereocenters. The Labute approximate surface area is 93.3 Å². The van der Waals surface area contributed by atoms with Crippen molar-refractivity contribution in [2.24, 2.45) is 29.6 Å². The van der Waals surface area contributed by atoms with Crippen LogP contribution in [0.4, 0.5) is 0 Å². The zero-order chi connectivity index (χ0) is 10.3. The summed E-state index contributed by atoms with van der Waals surface area (Å²) in [6.07, 6.45) is 9.75. The van der Waals surface area contributed by atoms with Gasteiger partial charge in [-0.25, -0.2) is 0 Å². The number of hydrogen-bond acceptors (Lipinski definition) is 1. The summed E-state index contributed by atoms with van der Waals surface area (Å²) in [5, 5.41) is 3.54. The van der Waals surface area contributed by atoms with E-state index >= 15 is 0 Å². The van der Waals surface area contributed by atoms with Crippen LogP contribution in [0.3, 0.4) is 0 Å². The van der Waals surface area contributed by atoms with E-state index in [4.69, 9.17) is 0 Å². The molecule has 4 aliphatic rings. The maximum atomic E-state index is 3.77. The second-order valence-electron chi connectivity index (χ2n) is 6.04. The molecular weight excluding hydrogens is 182 g/mol. The maximum Gasteiger partial charge on any atom is 0.0132 e. The number of rotatable bonds is 4. The molecule has 0 saturated heterocycles. The van der Waals surface area contributed by atoms with Gasteiger partial charge in [0, 0.05) is 6.54 Å². The Morgan fingerprint density at radius 1 is 1.00 bits per heavy atom. The van der Waals surface area contributed by atoms with Gasteiger partial charge in [0.2, 0.25) is 0 Å². The van der Waals surface area contributed by atoms with Crippen molar-refractivity contribution in [2.45, 2.75) is 32.1 Å². The van der Waals surface area contributed by atoms with Gasteiger partial charge in [0.05, 0.1) is 0 Å². The Hall–Kier alpha value is -0.300.